The third-order valence-electron chi connectivity index (χ3n) is 5.06. The zero-order valence-electron chi connectivity index (χ0n) is 13.9. The number of rotatable bonds is 2. The second-order valence-electron chi connectivity index (χ2n) is 7.49. The van der Waals surface area contributed by atoms with E-state index in [1.807, 2.05) is 6.92 Å². The fourth-order valence-corrected chi connectivity index (χ4v) is 3.61. The average molecular weight is 299 g/mol. The molecule has 118 valence electrons. The molecule has 1 aliphatic carbocycles. The lowest BCUT2D eigenvalue weighted by atomic mass is 9.71. The Kier molecular flexibility index (Phi) is 3.50. The third kappa shape index (κ3) is 2.40. The third-order valence-corrected chi connectivity index (χ3v) is 5.06. The Morgan fingerprint density at radius 1 is 1.45 bits per heavy atom. The van der Waals surface area contributed by atoms with Crippen molar-refractivity contribution in [3.8, 4) is 0 Å². The number of hydrogen-bond acceptors (Lipinski definition) is 2. The molecule has 4 nitrogen and oxygen atoms in total. The lowest BCUT2D eigenvalue weighted by Crippen LogP contribution is -2.27. The summed E-state index contributed by atoms with van der Waals surface area (Å²) in [7, 11) is 0. The zero-order chi connectivity index (χ0) is 16.1. The predicted octanol–water partition coefficient (Wildman–Crippen LogP) is 3.38. The Balaban J connectivity index is 2.10. The highest BCUT2D eigenvalue weighted by atomic mass is 16.1. The van der Waals surface area contributed by atoms with Crippen LogP contribution in [0.1, 0.15) is 61.4 Å². The van der Waals surface area contributed by atoms with Crippen LogP contribution in [-0.4, -0.2) is 15.9 Å². The number of nitrogens with one attached hydrogen (secondary N) is 1. The standard InChI is InChI=1S/C18H25N3O/c1-5-12-15-14(21-16(12)17(19)22)9-10-8-11(18(2,3)4)6-7-13(10)20-15/h9,11,21H,5-8H2,1-4H3,(H2,19,22). The second kappa shape index (κ2) is 5.11. The molecule has 0 radical (unpaired) electrons. The van der Waals surface area contributed by atoms with Crippen LogP contribution < -0.4 is 5.73 Å². The molecule has 2 aromatic rings. The summed E-state index contributed by atoms with van der Waals surface area (Å²) in [6, 6.07) is 2.18. The average Bonchev–Trinajstić information content (AvgIpc) is 2.80. The number of primary amides is 1. The van der Waals surface area contributed by atoms with Crippen LogP contribution >= 0.6 is 0 Å². The molecule has 2 heterocycles. The minimum Gasteiger partial charge on any atom is -0.364 e. The fourth-order valence-electron chi connectivity index (χ4n) is 3.61. The van der Waals surface area contributed by atoms with Gasteiger partial charge in [0, 0.05) is 11.3 Å². The van der Waals surface area contributed by atoms with E-state index in [1.165, 1.54) is 17.7 Å². The van der Waals surface area contributed by atoms with Gasteiger partial charge < -0.3 is 10.7 Å². The molecule has 3 rings (SSSR count). The van der Waals surface area contributed by atoms with Crippen molar-refractivity contribution in [1.82, 2.24) is 9.97 Å². The van der Waals surface area contributed by atoms with Crippen molar-refractivity contribution in [1.29, 1.82) is 0 Å². The highest BCUT2D eigenvalue weighted by Crippen LogP contribution is 2.38. The Labute approximate surface area is 131 Å². The van der Waals surface area contributed by atoms with Crippen LogP contribution in [0.2, 0.25) is 0 Å². The summed E-state index contributed by atoms with van der Waals surface area (Å²) in [5, 5.41) is 0. The topological polar surface area (TPSA) is 71.8 Å². The van der Waals surface area contributed by atoms with Gasteiger partial charge in [-0.15, -0.1) is 0 Å². The zero-order valence-corrected chi connectivity index (χ0v) is 13.9. The molecule has 4 heteroatoms. The normalized spacial score (nSPS) is 18.5. The van der Waals surface area contributed by atoms with Crippen molar-refractivity contribution in [3.63, 3.8) is 0 Å². The molecule has 0 saturated heterocycles. The molecule has 1 atom stereocenters. The molecule has 0 saturated carbocycles. The van der Waals surface area contributed by atoms with E-state index in [-0.39, 0.29) is 0 Å². The van der Waals surface area contributed by atoms with E-state index >= 15 is 0 Å². The van der Waals surface area contributed by atoms with Crippen molar-refractivity contribution in [2.75, 3.05) is 0 Å². The summed E-state index contributed by atoms with van der Waals surface area (Å²) in [6.07, 6.45) is 4.03. The van der Waals surface area contributed by atoms with Gasteiger partial charge in [0.2, 0.25) is 0 Å². The number of aryl methyl sites for hydroxylation is 2. The van der Waals surface area contributed by atoms with Gasteiger partial charge in [0.05, 0.1) is 11.0 Å². The number of aromatic amines is 1. The lowest BCUT2D eigenvalue weighted by molar-refractivity contribution is 0.0995. The first-order valence-electron chi connectivity index (χ1n) is 8.14. The van der Waals surface area contributed by atoms with Crippen LogP contribution in [0.25, 0.3) is 11.0 Å². The van der Waals surface area contributed by atoms with Gasteiger partial charge in [-0.2, -0.15) is 0 Å². The van der Waals surface area contributed by atoms with Gasteiger partial charge in [0.15, 0.2) is 0 Å². The monoisotopic (exact) mass is 299 g/mol. The quantitative estimate of drug-likeness (QED) is 0.892. The summed E-state index contributed by atoms with van der Waals surface area (Å²) in [6.45, 7) is 8.96. The van der Waals surface area contributed by atoms with Crippen LogP contribution in [0.5, 0.6) is 0 Å². The van der Waals surface area contributed by atoms with Crippen molar-refractivity contribution < 1.29 is 4.79 Å². The molecule has 0 bridgehead atoms. The predicted molar refractivity (Wildman–Crippen MR) is 89.0 cm³/mol. The molecule has 0 spiro atoms. The van der Waals surface area contributed by atoms with E-state index in [9.17, 15) is 4.79 Å². The fraction of sp³-hybridized carbons (Fsp3) is 0.556. The van der Waals surface area contributed by atoms with E-state index in [0.29, 0.717) is 17.0 Å². The number of fused-ring (bicyclic) bond motifs is 2. The number of carbonyl (C=O) groups is 1. The van der Waals surface area contributed by atoms with Crippen molar-refractivity contribution >= 4 is 16.9 Å². The molecule has 22 heavy (non-hydrogen) atoms. The van der Waals surface area contributed by atoms with Crippen LogP contribution in [0.3, 0.4) is 0 Å². The molecular weight excluding hydrogens is 274 g/mol. The summed E-state index contributed by atoms with van der Waals surface area (Å²) in [4.78, 5) is 19.7. The van der Waals surface area contributed by atoms with E-state index in [0.717, 1.165) is 35.9 Å². The Morgan fingerprint density at radius 3 is 2.77 bits per heavy atom. The Morgan fingerprint density at radius 2 is 2.18 bits per heavy atom. The molecule has 0 fully saturated rings. The molecule has 1 aliphatic rings. The van der Waals surface area contributed by atoms with E-state index < -0.39 is 5.91 Å². The van der Waals surface area contributed by atoms with Gasteiger partial charge in [-0.25, -0.2) is 0 Å². The SMILES string of the molecule is CCc1c(C(N)=O)[nH]c2cc3c(nc12)CCC(C(C)(C)C)C3. The number of carbonyl (C=O) groups excluding carboxylic acids is 1. The summed E-state index contributed by atoms with van der Waals surface area (Å²) in [5.74, 6) is 0.274. The number of nitrogens with two attached hydrogens (primary N) is 1. The number of nitrogens with zero attached hydrogens (tertiary/aromatic N) is 1. The van der Waals surface area contributed by atoms with E-state index in [1.54, 1.807) is 0 Å². The van der Waals surface area contributed by atoms with Crippen LogP contribution in [0.15, 0.2) is 6.07 Å². The first kappa shape index (κ1) is 15.1. The number of aromatic nitrogens is 2. The van der Waals surface area contributed by atoms with Crippen molar-refractivity contribution in [3.05, 3.63) is 28.6 Å². The molecule has 0 aliphatic heterocycles. The Hall–Kier alpha value is -1.84. The first-order chi connectivity index (χ1) is 10.3. The maximum Gasteiger partial charge on any atom is 0.265 e. The number of H-pyrrole nitrogens is 1. The van der Waals surface area contributed by atoms with E-state index in [4.69, 9.17) is 10.7 Å². The largest absolute Gasteiger partial charge is 0.364 e. The minimum absolute atomic E-state index is 0.315. The Bertz CT molecular complexity index is 737. The molecule has 1 amide bonds. The van der Waals surface area contributed by atoms with Gasteiger partial charge in [0.25, 0.3) is 5.91 Å². The van der Waals surface area contributed by atoms with Gasteiger partial charge in [-0.05, 0) is 48.6 Å². The van der Waals surface area contributed by atoms with Crippen molar-refractivity contribution in [2.45, 2.75) is 53.4 Å². The van der Waals surface area contributed by atoms with Crippen LogP contribution in [0.4, 0.5) is 0 Å². The van der Waals surface area contributed by atoms with Gasteiger partial charge >= 0.3 is 0 Å². The van der Waals surface area contributed by atoms with E-state index in [2.05, 4.69) is 31.8 Å². The molecule has 0 aromatic carbocycles. The number of pyridine rings is 1. The van der Waals surface area contributed by atoms with Crippen LogP contribution in [0, 0.1) is 11.3 Å². The highest BCUT2D eigenvalue weighted by molar-refractivity contribution is 5.99. The summed E-state index contributed by atoms with van der Waals surface area (Å²) in [5.41, 5.74) is 11.6. The summed E-state index contributed by atoms with van der Waals surface area (Å²) >= 11 is 0. The number of hydrogen-bond donors (Lipinski definition) is 2. The minimum atomic E-state index is -0.402. The summed E-state index contributed by atoms with van der Waals surface area (Å²) < 4.78 is 0. The molecule has 2 aromatic heterocycles. The number of amides is 1. The maximum atomic E-state index is 11.6. The van der Waals surface area contributed by atoms with Crippen molar-refractivity contribution in [2.24, 2.45) is 17.1 Å². The molecule has 3 N–H and O–H groups in total. The first-order valence-corrected chi connectivity index (χ1v) is 8.14. The maximum absolute atomic E-state index is 11.6. The lowest BCUT2D eigenvalue weighted by Gasteiger charge is -2.34. The van der Waals surface area contributed by atoms with Gasteiger partial charge in [0.1, 0.15) is 5.69 Å². The smallest absolute Gasteiger partial charge is 0.265 e. The van der Waals surface area contributed by atoms with Gasteiger partial charge in [-0.1, -0.05) is 27.7 Å². The van der Waals surface area contributed by atoms with Crippen LogP contribution in [-0.2, 0) is 19.3 Å². The molecule has 1 unspecified atom stereocenters. The highest BCUT2D eigenvalue weighted by Gasteiger charge is 2.30. The second-order valence-corrected chi connectivity index (χ2v) is 7.49. The molecular formula is C18H25N3O. The van der Waals surface area contributed by atoms with Gasteiger partial charge in [-0.3, -0.25) is 9.78 Å².